The monoisotopic (exact) mass is 265 g/mol. The number of rotatable bonds is 7. The average Bonchev–Trinajstić information content (AvgIpc) is 3.19. The Labute approximate surface area is 114 Å². The van der Waals surface area contributed by atoms with E-state index in [0.29, 0.717) is 5.25 Å². The van der Waals surface area contributed by atoms with Crippen molar-refractivity contribution in [3.8, 4) is 0 Å². The molecule has 2 rings (SSSR count). The molecule has 0 aliphatic heterocycles. The van der Waals surface area contributed by atoms with Crippen LogP contribution in [0.25, 0.3) is 0 Å². The largest absolute Gasteiger partial charge is 0.308 e. The van der Waals surface area contributed by atoms with Crippen LogP contribution in [0.15, 0.2) is 6.20 Å². The Morgan fingerprint density at radius 1 is 1.50 bits per heavy atom. The zero-order valence-corrected chi connectivity index (χ0v) is 12.4. The van der Waals surface area contributed by atoms with Gasteiger partial charge in [0.2, 0.25) is 0 Å². The van der Waals surface area contributed by atoms with Gasteiger partial charge in [0, 0.05) is 24.0 Å². The van der Waals surface area contributed by atoms with Crippen molar-refractivity contribution in [2.24, 2.45) is 0 Å². The van der Waals surface area contributed by atoms with Gasteiger partial charge in [-0.2, -0.15) is 11.8 Å². The van der Waals surface area contributed by atoms with E-state index < -0.39 is 0 Å². The summed E-state index contributed by atoms with van der Waals surface area (Å²) in [6.45, 7) is 7.46. The highest BCUT2D eigenvalue weighted by molar-refractivity contribution is 7.99. The molecular formula is C14H23N3S. The van der Waals surface area contributed by atoms with Gasteiger partial charge in [-0.05, 0) is 31.7 Å². The molecule has 1 atom stereocenters. The summed E-state index contributed by atoms with van der Waals surface area (Å²) in [7, 11) is 0. The number of thioether (sulfide) groups is 1. The van der Waals surface area contributed by atoms with E-state index >= 15 is 0 Å². The molecule has 0 saturated heterocycles. The predicted octanol–water partition coefficient (Wildman–Crippen LogP) is 3.07. The third-order valence-corrected chi connectivity index (χ3v) is 4.66. The number of nitrogens with one attached hydrogen (secondary N) is 1. The summed E-state index contributed by atoms with van der Waals surface area (Å²) in [5, 5.41) is 4.20. The molecule has 1 aromatic heterocycles. The topological polar surface area (TPSA) is 37.8 Å². The van der Waals surface area contributed by atoms with E-state index in [2.05, 4.69) is 36.1 Å². The van der Waals surface area contributed by atoms with Crippen LogP contribution in [-0.2, 0) is 12.3 Å². The Balaban J connectivity index is 1.91. The van der Waals surface area contributed by atoms with E-state index in [1.807, 2.05) is 18.0 Å². The van der Waals surface area contributed by atoms with Crippen molar-refractivity contribution in [2.45, 2.75) is 63.6 Å². The maximum absolute atomic E-state index is 4.68. The van der Waals surface area contributed by atoms with E-state index in [0.717, 1.165) is 29.9 Å². The van der Waals surface area contributed by atoms with Gasteiger partial charge in [-0.25, -0.2) is 9.97 Å². The fourth-order valence-electron chi connectivity index (χ4n) is 1.63. The van der Waals surface area contributed by atoms with E-state index in [9.17, 15) is 0 Å². The van der Waals surface area contributed by atoms with Crippen LogP contribution in [0.1, 0.15) is 50.2 Å². The second-order valence-corrected chi connectivity index (χ2v) is 6.53. The quantitative estimate of drug-likeness (QED) is 0.822. The Hall–Kier alpha value is -0.610. The second kappa shape index (κ2) is 6.53. The molecule has 1 N–H and O–H groups in total. The molecule has 1 saturated carbocycles. The van der Waals surface area contributed by atoms with Crippen molar-refractivity contribution in [2.75, 3.05) is 0 Å². The molecule has 1 aromatic rings. The van der Waals surface area contributed by atoms with Crippen molar-refractivity contribution >= 4 is 11.8 Å². The number of aryl methyl sites for hydroxylation is 1. The highest BCUT2D eigenvalue weighted by Gasteiger charge is 2.20. The highest BCUT2D eigenvalue weighted by Crippen LogP contribution is 2.20. The van der Waals surface area contributed by atoms with Crippen LogP contribution in [0.5, 0.6) is 0 Å². The fourth-order valence-corrected chi connectivity index (χ4v) is 2.44. The molecule has 0 spiro atoms. The van der Waals surface area contributed by atoms with Crippen molar-refractivity contribution in [1.82, 2.24) is 15.3 Å². The predicted molar refractivity (Wildman–Crippen MR) is 77.7 cm³/mol. The minimum atomic E-state index is 0.683. The van der Waals surface area contributed by atoms with Crippen molar-refractivity contribution in [3.63, 3.8) is 0 Å². The van der Waals surface area contributed by atoms with Gasteiger partial charge < -0.3 is 5.32 Å². The van der Waals surface area contributed by atoms with E-state index in [1.165, 1.54) is 24.8 Å². The SMILES string of the molecule is CCC(C)SCc1ncc(C)c(CNC2CC2)n1. The van der Waals surface area contributed by atoms with Gasteiger partial charge in [-0.1, -0.05) is 13.8 Å². The number of aromatic nitrogens is 2. The third kappa shape index (κ3) is 4.25. The molecule has 0 aromatic carbocycles. The minimum absolute atomic E-state index is 0.683. The Morgan fingerprint density at radius 3 is 2.94 bits per heavy atom. The first kappa shape index (κ1) is 13.8. The Kier molecular flexibility index (Phi) is 5.01. The van der Waals surface area contributed by atoms with E-state index in [4.69, 9.17) is 0 Å². The number of hydrogen-bond acceptors (Lipinski definition) is 4. The van der Waals surface area contributed by atoms with Gasteiger partial charge in [-0.3, -0.25) is 0 Å². The lowest BCUT2D eigenvalue weighted by atomic mass is 10.2. The van der Waals surface area contributed by atoms with Crippen molar-refractivity contribution in [1.29, 1.82) is 0 Å². The normalized spacial score (nSPS) is 16.8. The first-order valence-electron chi connectivity index (χ1n) is 6.85. The van der Waals surface area contributed by atoms with E-state index in [-0.39, 0.29) is 0 Å². The molecule has 0 radical (unpaired) electrons. The lowest BCUT2D eigenvalue weighted by Gasteiger charge is -2.10. The minimum Gasteiger partial charge on any atom is -0.308 e. The van der Waals surface area contributed by atoms with Crippen LogP contribution < -0.4 is 5.32 Å². The molecule has 18 heavy (non-hydrogen) atoms. The molecule has 1 heterocycles. The van der Waals surface area contributed by atoms with Crippen molar-refractivity contribution in [3.05, 3.63) is 23.3 Å². The smallest absolute Gasteiger partial charge is 0.138 e. The molecule has 1 aliphatic carbocycles. The van der Waals surface area contributed by atoms with Gasteiger partial charge in [0.1, 0.15) is 5.82 Å². The highest BCUT2D eigenvalue weighted by atomic mass is 32.2. The molecular weight excluding hydrogens is 242 g/mol. The maximum atomic E-state index is 4.68. The summed E-state index contributed by atoms with van der Waals surface area (Å²) < 4.78 is 0. The molecule has 0 amide bonds. The average molecular weight is 265 g/mol. The van der Waals surface area contributed by atoms with Gasteiger partial charge in [0.15, 0.2) is 0 Å². The van der Waals surface area contributed by atoms with Gasteiger partial charge in [0.05, 0.1) is 11.4 Å². The van der Waals surface area contributed by atoms with Crippen LogP contribution in [0.2, 0.25) is 0 Å². The van der Waals surface area contributed by atoms with Crippen LogP contribution >= 0.6 is 11.8 Å². The lowest BCUT2D eigenvalue weighted by Crippen LogP contribution is -2.18. The maximum Gasteiger partial charge on any atom is 0.138 e. The summed E-state index contributed by atoms with van der Waals surface area (Å²) in [5.41, 5.74) is 2.36. The summed E-state index contributed by atoms with van der Waals surface area (Å²) in [5.74, 6) is 1.89. The van der Waals surface area contributed by atoms with Crippen molar-refractivity contribution < 1.29 is 0 Å². The van der Waals surface area contributed by atoms with Gasteiger partial charge >= 0.3 is 0 Å². The first-order valence-corrected chi connectivity index (χ1v) is 7.90. The van der Waals surface area contributed by atoms with Crippen LogP contribution in [0.4, 0.5) is 0 Å². The zero-order chi connectivity index (χ0) is 13.0. The fraction of sp³-hybridized carbons (Fsp3) is 0.714. The van der Waals surface area contributed by atoms with Crippen LogP contribution in [0, 0.1) is 6.92 Å². The number of hydrogen-bond donors (Lipinski definition) is 1. The van der Waals surface area contributed by atoms with Crippen LogP contribution in [0.3, 0.4) is 0 Å². The molecule has 1 unspecified atom stereocenters. The Morgan fingerprint density at radius 2 is 2.28 bits per heavy atom. The summed E-state index contributed by atoms with van der Waals surface area (Å²) >= 11 is 1.94. The lowest BCUT2D eigenvalue weighted by molar-refractivity contribution is 0.665. The summed E-state index contributed by atoms with van der Waals surface area (Å²) in [4.78, 5) is 9.11. The molecule has 0 bridgehead atoms. The molecule has 4 heteroatoms. The zero-order valence-electron chi connectivity index (χ0n) is 11.6. The van der Waals surface area contributed by atoms with Crippen LogP contribution in [-0.4, -0.2) is 21.3 Å². The number of nitrogens with zero attached hydrogens (tertiary/aromatic N) is 2. The van der Waals surface area contributed by atoms with E-state index in [1.54, 1.807) is 0 Å². The molecule has 100 valence electrons. The first-order chi connectivity index (χ1) is 8.69. The summed E-state index contributed by atoms with van der Waals surface area (Å²) in [6, 6.07) is 0.734. The summed E-state index contributed by atoms with van der Waals surface area (Å²) in [6.07, 6.45) is 5.80. The Bertz CT molecular complexity index is 391. The molecule has 1 fully saturated rings. The molecule has 1 aliphatic rings. The van der Waals surface area contributed by atoms with Gasteiger partial charge in [-0.15, -0.1) is 0 Å². The standard InChI is InChI=1S/C14H23N3S/c1-4-11(3)18-9-14-16-7-10(2)13(17-14)8-15-12-5-6-12/h7,11-12,15H,4-6,8-9H2,1-3H3. The van der Waals surface area contributed by atoms with Gasteiger partial charge in [0.25, 0.3) is 0 Å². The molecule has 3 nitrogen and oxygen atoms in total. The second-order valence-electron chi connectivity index (χ2n) is 5.10. The third-order valence-electron chi connectivity index (χ3n) is 3.33.